The molecule has 1 fully saturated rings. The summed E-state index contributed by atoms with van der Waals surface area (Å²) in [5, 5.41) is 8.84. The van der Waals surface area contributed by atoms with E-state index in [1.54, 1.807) is 0 Å². The average Bonchev–Trinajstić information content (AvgIpc) is 2.81. The van der Waals surface area contributed by atoms with Crippen LogP contribution in [0.2, 0.25) is 0 Å². The van der Waals surface area contributed by atoms with Crippen LogP contribution in [0.4, 0.5) is 11.5 Å². The zero-order valence-corrected chi connectivity index (χ0v) is 17.7. The molecule has 0 radical (unpaired) electrons. The van der Waals surface area contributed by atoms with Crippen LogP contribution in [0.25, 0.3) is 11.3 Å². The molecule has 3 aromatic rings. The number of nitrogens with zero attached hydrogens (tertiary/aromatic N) is 4. The van der Waals surface area contributed by atoms with Crippen molar-refractivity contribution in [2.75, 3.05) is 29.4 Å². The van der Waals surface area contributed by atoms with Crippen molar-refractivity contribution < 1.29 is 4.79 Å². The van der Waals surface area contributed by atoms with Crippen LogP contribution < -0.4 is 9.80 Å². The van der Waals surface area contributed by atoms with Crippen LogP contribution in [0, 0.1) is 12.8 Å². The summed E-state index contributed by atoms with van der Waals surface area (Å²) in [5.41, 5.74) is 4.10. The van der Waals surface area contributed by atoms with Crippen LogP contribution in [0.5, 0.6) is 0 Å². The van der Waals surface area contributed by atoms with Gasteiger partial charge in [-0.2, -0.15) is 0 Å². The molecule has 2 heterocycles. The molecule has 0 saturated carbocycles. The van der Waals surface area contributed by atoms with Gasteiger partial charge in [-0.3, -0.25) is 4.79 Å². The molecule has 5 nitrogen and oxygen atoms in total. The second-order valence-corrected chi connectivity index (χ2v) is 7.77. The minimum absolute atomic E-state index is 0.0531. The summed E-state index contributed by atoms with van der Waals surface area (Å²) < 4.78 is 0. The number of anilines is 2. The van der Waals surface area contributed by atoms with Crippen LogP contribution in [0.15, 0.2) is 66.7 Å². The first-order valence-electron chi connectivity index (χ1n) is 10.7. The maximum atomic E-state index is 13.2. The zero-order valence-electron chi connectivity index (χ0n) is 17.7. The van der Waals surface area contributed by atoms with Gasteiger partial charge in [-0.05, 0) is 50.5 Å². The van der Waals surface area contributed by atoms with Gasteiger partial charge in [0.05, 0.1) is 5.69 Å². The number of para-hydroxylation sites is 1. The smallest absolute Gasteiger partial charge is 0.230 e. The number of hydrogen-bond donors (Lipinski definition) is 0. The van der Waals surface area contributed by atoms with E-state index >= 15 is 0 Å². The molecular formula is C25H28N4O. The molecule has 1 saturated heterocycles. The fourth-order valence-electron chi connectivity index (χ4n) is 4.14. The van der Waals surface area contributed by atoms with Crippen LogP contribution in [0.3, 0.4) is 0 Å². The minimum atomic E-state index is 0.0531. The van der Waals surface area contributed by atoms with E-state index < -0.39 is 0 Å². The van der Waals surface area contributed by atoms with Crippen molar-refractivity contribution in [1.82, 2.24) is 10.2 Å². The molecule has 0 atom stereocenters. The van der Waals surface area contributed by atoms with E-state index in [0.29, 0.717) is 6.54 Å². The summed E-state index contributed by atoms with van der Waals surface area (Å²) in [7, 11) is 0. The summed E-state index contributed by atoms with van der Waals surface area (Å²) in [6, 6.07) is 22.2. The van der Waals surface area contributed by atoms with Crippen molar-refractivity contribution in [2.45, 2.75) is 26.7 Å². The highest BCUT2D eigenvalue weighted by molar-refractivity contribution is 5.95. The van der Waals surface area contributed by atoms with Crippen LogP contribution in [0.1, 0.15) is 25.3 Å². The first kappa shape index (κ1) is 20.1. The van der Waals surface area contributed by atoms with Crippen molar-refractivity contribution in [3.8, 4) is 11.3 Å². The highest BCUT2D eigenvalue weighted by Gasteiger charge is 2.29. The van der Waals surface area contributed by atoms with Gasteiger partial charge in [0.1, 0.15) is 0 Å². The molecule has 5 heteroatoms. The first-order chi connectivity index (χ1) is 14.7. The molecule has 2 aromatic carbocycles. The number of aromatic nitrogens is 2. The Balaban J connectivity index is 1.40. The molecule has 4 rings (SSSR count). The molecule has 1 aliphatic rings. The van der Waals surface area contributed by atoms with Gasteiger partial charge in [0.2, 0.25) is 5.91 Å². The maximum absolute atomic E-state index is 13.2. The number of carbonyl (C=O) groups is 1. The molecule has 1 aliphatic heterocycles. The summed E-state index contributed by atoms with van der Waals surface area (Å²) in [6.07, 6.45) is 1.67. The normalized spacial score (nSPS) is 14.5. The van der Waals surface area contributed by atoms with E-state index in [1.165, 1.54) is 0 Å². The summed E-state index contributed by atoms with van der Waals surface area (Å²) in [5.74, 6) is 1.17. The predicted octanol–water partition coefficient (Wildman–Crippen LogP) is 4.72. The molecular weight excluding hydrogens is 372 g/mol. The Bertz CT molecular complexity index is 980. The zero-order chi connectivity index (χ0) is 20.9. The molecule has 154 valence electrons. The lowest BCUT2D eigenvalue weighted by atomic mass is 9.94. The van der Waals surface area contributed by atoms with Crippen LogP contribution in [-0.2, 0) is 4.79 Å². The Hall–Kier alpha value is -3.21. The maximum Gasteiger partial charge on any atom is 0.230 e. The number of benzene rings is 2. The highest BCUT2D eigenvalue weighted by Crippen LogP contribution is 2.27. The number of amides is 1. The van der Waals surface area contributed by atoms with E-state index in [9.17, 15) is 4.79 Å². The van der Waals surface area contributed by atoms with Gasteiger partial charge in [0.15, 0.2) is 5.82 Å². The molecule has 0 aliphatic carbocycles. The Morgan fingerprint density at radius 1 is 0.967 bits per heavy atom. The van der Waals surface area contributed by atoms with Gasteiger partial charge in [-0.15, -0.1) is 10.2 Å². The predicted molar refractivity (Wildman–Crippen MR) is 122 cm³/mol. The third-order valence-corrected chi connectivity index (χ3v) is 5.88. The van der Waals surface area contributed by atoms with Gasteiger partial charge >= 0.3 is 0 Å². The second kappa shape index (κ2) is 9.08. The Morgan fingerprint density at radius 3 is 2.30 bits per heavy atom. The summed E-state index contributed by atoms with van der Waals surface area (Å²) in [4.78, 5) is 17.4. The highest BCUT2D eigenvalue weighted by atomic mass is 16.2. The molecule has 0 spiro atoms. The van der Waals surface area contributed by atoms with E-state index in [-0.39, 0.29) is 11.8 Å². The Kier molecular flexibility index (Phi) is 6.07. The lowest BCUT2D eigenvalue weighted by Gasteiger charge is -2.34. The van der Waals surface area contributed by atoms with E-state index in [4.69, 9.17) is 0 Å². The fraction of sp³-hybridized carbons (Fsp3) is 0.320. The number of rotatable bonds is 5. The van der Waals surface area contributed by atoms with Crippen LogP contribution >= 0.6 is 0 Å². The lowest BCUT2D eigenvalue weighted by molar-refractivity contribution is -0.122. The van der Waals surface area contributed by atoms with Gasteiger partial charge < -0.3 is 9.80 Å². The van der Waals surface area contributed by atoms with E-state index in [2.05, 4.69) is 28.1 Å². The van der Waals surface area contributed by atoms with Gasteiger partial charge in [0.25, 0.3) is 0 Å². The number of aryl methyl sites for hydroxylation is 1. The third kappa shape index (κ3) is 4.20. The largest absolute Gasteiger partial charge is 0.355 e. The molecule has 1 aromatic heterocycles. The first-order valence-corrected chi connectivity index (χ1v) is 10.7. The third-order valence-electron chi connectivity index (χ3n) is 5.88. The average molecular weight is 401 g/mol. The summed E-state index contributed by atoms with van der Waals surface area (Å²) >= 11 is 0. The number of hydrogen-bond acceptors (Lipinski definition) is 4. The molecule has 0 N–H and O–H groups in total. The topological polar surface area (TPSA) is 49.3 Å². The quantitative estimate of drug-likeness (QED) is 0.622. The minimum Gasteiger partial charge on any atom is -0.355 e. The summed E-state index contributed by atoms with van der Waals surface area (Å²) in [6.45, 7) is 6.44. The van der Waals surface area contributed by atoms with Crippen LogP contribution in [-0.4, -0.2) is 35.7 Å². The second-order valence-electron chi connectivity index (χ2n) is 7.77. The Labute approximate surface area is 178 Å². The van der Waals surface area contributed by atoms with E-state index in [1.807, 2.05) is 72.5 Å². The molecule has 30 heavy (non-hydrogen) atoms. The van der Waals surface area contributed by atoms with Gasteiger partial charge in [0, 0.05) is 36.8 Å². The Morgan fingerprint density at radius 2 is 1.67 bits per heavy atom. The SMILES string of the molecule is CCN(C(=O)C1CCN(c2ccc(-c3ccccc3)nn2)CC1)c1ccccc1C. The van der Waals surface area contributed by atoms with E-state index in [0.717, 1.165) is 54.3 Å². The van der Waals surface area contributed by atoms with Crippen molar-refractivity contribution in [3.63, 3.8) is 0 Å². The standard InChI is InChI=1S/C25H28N4O/c1-3-29(23-12-8-7-9-19(23)2)25(30)21-15-17-28(18-16-21)24-14-13-22(26-27-24)20-10-5-4-6-11-20/h4-14,21H,3,15-18H2,1-2H3. The van der Waals surface area contributed by atoms with Crippen molar-refractivity contribution >= 4 is 17.4 Å². The lowest BCUT2D eigenvalue weighted by Crippen LogP contribution is -2.43. The fourth-order valence-corrected chi connectivity index (χ4v) is 4.14. The molecule has 0 unspecified atom stereocenters. The van der Waals surface area contributed by atoms with Crippen molar-refractivity contribution in [3.05, 3.63) is 72.3 Å². The molecule has 1 amide bonds. The van der Waals surface area contributed by atoms with Gasteiger partial charge in [-0.1, -0.05) is 48.5 Å². The van der Waals surface area contributed by atoms with Crippen molar-refractivity contribution in [1.29, 1.82) is 0 Å². The molecule has 0 bridgehead atoms. The van der Waals surface area contributed by atoms with Gasteiger partial charge in [-0.25, -0.2) is 0 Å². The monoisotopic (exact) mass is 400 g/mol. The number of piperidine rings is 1. The number of carbonyl (C=O) groups excluding carboxylic acids is 1. The van der Waals surface area contributed by atoms with Crippen molar-refractivity contribution in [2.24, 2.45) is 5.92 Å².